The van der Waals surface area contributed by atoms with Gasteiger partial charge in [0, 0.05) is 30.6 Å². The van der Waals surface area contributed by atoms with Gasteiger partial charge in [0.15, 0.2) is 6.29 Å². The first-order chi connectivity index (χ1) is 26.0. The molecule has 6 fully saturated rings. The number of fused-ring (bicyclic) bond motifs is 4. The van der Waals surface area contributed by atoms with Gasteiger partial charge in [0.05, 0.1) is 5.41 Å². The van der Waals surface area contributed by atoms with E-state index in [-0.39, 0.29) is 68.4 Å². The number of ether oxygens (including phenoxy) is 5. The highest BCUT2D eigenvalue weighted by Gasteiger charge is 2.59. The summed E-state index contributed by atoms with van der Waals surface area (Å²) in [5.74, 6) is -3.48. The van der Waals surface area contributed by atoms with E-state index in [1.165, 1.54) is 6.42 Å². The maximum absolute atomic E-state index is 14.3. The summed E-state index contributed by atoms with van der Waals surface area (Å²) in [7, 11) is -6.07. The number of ketones is 1. The molecule has 6 aliphatic rings. The Morgan fingerprint density at radius 2 is 1.64 bits per heavy atom. The highest BCUT2D eigenvalue weighted by molar-refractivity contribution is 7.87. The number of carbonyl (C=O) groups is 5. The zero-order chi connectivity index (χ0) is 39.6. The monoisotopic (exact) mass is 802 g/mol. The summed E-state index contributed by atoms with van der Waals surface area (Å²) in [6.07, 6.45) is 10.1. The molecule has 10 atom stereocenters. The molecule has 310 valence electrons. The molecular weight excluding hydrogens is 746 g/mol. The molecule has 0 spiro atoms. The van der Waals surface area contributed by atoms with Gasteiger partial charge in [-0.05, 0) is 95.3 Å². The third kappa shape index (κ3) is 9.95. The molecule has 13 nitrogen and oxygen atoms in total. The number of halogens is 2. The van der Waals surface area contributed by atoms with E-state index in [9.17, 15) is 41.2 Å². The molecule has 10 unspecified atom stereocenters. The average Bonchev–Trinajstić information content (AvgIpc) is 3.55. The molecule has 0 aromatic rings. The smallest absolute Gasteiger partial charge is 0.463 e. The van der Waals surface area contributed by atoms with Crippen molar-refractivity contribution >= 4 is 40.1 Å². The van der Waals surface area contributed by atoms with Crippen LogP contribution in [0, 0.1) is 40.9 Å². The van der Waals surface area contributed by atoms with E-state index >= 15 is 0 Å². The number of Topliss-reactive ketones (excluding diaryl/α,β-unsaturated/α-hetero) is 1. The number of carbonyl (C=O) groups excluding carboxylic acids is 5. The van der Waals surface area contributed by atoms with Gasteiger partial charge in [0.25, 0.3) is 0 Å². The summed E-state index contributed by atoms with van der Waals surface area (Å²) in [5, 5.41) is -5.14. The van der Waals surface area contributed by atoms with Crippen LogP contribution in [0.25, 0.3) is 0 Å². The zero-order valence-corrected chi connectivity index (χ0v) is 32.4. The second-order valence-corrected chi connectivity index (χ2v) is 19.1. The first kappa shape index (κ1) is 42.1. The fourth-order valence-electron chi connectivity index (χ4n) is 10.6. The zero-order valence-electron chi connectivity index (χ0n) is 31.6. The number of hydrogen-bond acceptors (Lipinski definition) is 12. The predicted octanol–water partition coefficient (Wildman–Crippen LogP) is 5.90. The van der Waals surface area contributed by atoms with Crippen LogP contribution in [0.5, 0.6) is 0 Å². The Morgan fingerprint density at radius 1 is 0.945 bits per heavy atom. The van der Waals surface area contributed by atoms with Crippen LogP contribution in [0.3, 0.4) is 0 Å². The Kier molecular flexibility index (Phi) is 13.1. The van der Waals surface area contributed by atoms with Crippen LogP contribution < -0.4 is 0 Å². The topological polar surface area (TPSA) is 186 Å². The van der Waals surface area contributed by atoms with Crippen molar-refractivity contribution in [2.45, 2.75) is 158 Å². The van der Waals surface area contributed by atoms with Gasteiger partial charge >= 0.3 is 33.3 Å². The van der Waals surface area contributed by atoms with Crippen molar-refractivity contribution in [3.8, 4) is 0 Å². The van der Waals surface area contributed by atoms with Gasteiger partial charge in [-0.25, -0.2) is 4.79 Å². The van der Waals surface area contributed by atoms with Crippen molar-refractivity contribution < 1.29 is 69.4 Å². The maximum Gasteiger partial charge on any atom is 0.465 e. The van der Waals surface area contributed by atoms with Crippen LogP contribution in [0.15, 0.2) is 0 Å². The van der Waals surface area contributed by atoms with Gasteiger partial charge in [-0.2, -0.15) is 17.2 Å². The first-order valence-electron chi connectivity index (χ1n) is 20.2. The van der Waals surface area contributed by atoms with Gasteiger partial charge in [-0.1, -0.05) is 38.5 Å². The Hall–Kier alpha value is -2.56. The summed E-state index contributed by atoms with van der Waals surface area (Å²) in [6.45, 7) is 1.32. The van der Waals surface area contributed by atoms with Gasteiger partial charge in [0.1, 0.15) is 43.1 Å². The average molecular weight is 803 g/mol. The van der Waals surface area contributed by atoms with E-state index in [4.69, 9.17) is 28.2 Å². The van der Waals surface area contributed by atoms with Crippen LogP contribution in [0.2, 0.25) is 0 Å². The molecule has 0 aromatic heterocycles. The lowest BCUT2D eigenvalue weighted by atomic mass is 9.61. The van der Waals surface area contributed by atoms with Crippen LogP contribution in [-0.2, 0) is 57.8 Å². The molecule has 0 amide bonds. The van der Waals surface area contributed by atoms with Crippen molar-refractivity contribution in [1.82, 2.24) is 0 Å². The van der Waals surface area contributed by atoms with Gasteiger partial charge in [0.2, 0.25) is 0 Å². The van der Waals surface area contributed by atoms with E-state index < -0.39 is 68.7 Å². The lowest BCUT2D eigenvalue weighted by Crippen LogP contribution is -2.51. The van der Waals surface area contributed by atoms with E-state index in [1.807, 2.05) is 6.92 Å². The SMILES string of the molecule is CC1(C(=O)OCC2OC(C3CC4CCCC(OC(=O)C(F)(F)S(=O)(=O)O)(C4)C3)OC2COC(=O)CCC(C=O)CC2CCCCC2)CC2CCC(=O)C(C2)C1. The molecule has 1 N–H and O–H groups in total. The number of esters is 3. The van der Waals surface area contributed by atoms with Crippen LogP contribution in [0.4, 0.5) is 8.78 Å². The quantitative estimate of drug-likeness (QED) is 0.0894. The molecule has 5 aliphatic carbocycles. The van der Waals surface area contributed by atoms with Crippen LogP contribution in [-0.4, -0.2) is 85.5 Å². The van der Waals surface area contributed by atoms with Crippen LogP contribution in [0.1, 0.15) is 129 Å². The van der Waals surface area contributed by atoms with Gasteiger partial charge in [-0.3, -0.25) is 18.9 Å². The molecule has 5 saturated carbocycles. The van der Waals surface area contributed by atoms with Crippen LogP contribution >= 0.6 is 0 Å². The molecule has 1 aliphatic heterocycles. The van der Waals surface area contributed by atoms with Crippen molar-refractivity contribution in [3.63, 3.8) is 0 Å². The fraction of sp³-hybridized carbons (Fsp3) is 0.872. The molecular formula is C39H56F2O13S. The van der Waals surface area contributed by atoms with E-state index in [0.29, 0.717) is 50.9 Å². The number of rotatable bonds is 15. The molecule has 6 rings (SSSR count). The van der Waals surface area contributed by atoms with Gasteiger partial charge < -0.3 is 28.5 Å². The predicted molar refractivity (Wildman–Crippen MR) is 189 cm³/mol. The highest BCUT2D eigenvalue weighted by Crippen LogP contribution is 2.51. The standard InChI is InChI=1S/C39H56F2O13S/c1-37(17-26-9-11-30(43)28(15-26)19-37)35(45)51-23-32-31(22-50-33(44)12-10-27(21-42)14-24-6-3-2-4-7-24)52-34(53-32)29-16-25-8-5-13-38(18-25,20-29)54-36(46)39(40,41)55(47,48)49/h21,24-29,31-32,34H,2-20,22-23H2,1H3,(H,47,48,49). The molecule has 4 bridgehead atoms. The largest absolute Gasteiger partial charge is 0.465 e. The first-order valence-corrected chi connectivity index (χ1v) is 21.6. The second-order valence-electron chi connectivity index (χ2n) is 17.7. The Bertz CT molecular complexity index is 1550. The normalized spacial score (nSPS) is 36.1. The molecule has 16 heteroatoms. The molecule has 0 radical (unpaired) electrons. The summed E-state index contributed by atoms with van der Waals surface area (Å²) >= 11 is 0. The minimum atomic E-state index is -6.07. The van der Waals surface area contributed by atoms with E-state index in [1.54, 1.807) is 0 Å². The number of alkyl halides is 2. The van der Waals surface area contributed by atoms with Crippen molar-refractivity contribution in [2.75, 3.05) is 13.2 Å². The fourth-order valence-corrected chi connectivity index (χ4v) is 10.8. The summed E-state index contributed by atoms with van der Waals surface area (Å²) in [6, 6.07) is 0. The Morgan fingerprint density at radius 3 is 2.33 bits per heavy atom. The third-order valence-electron chi connectivity index (χ3n) is 13.3. The summed E-state index contributed by atoms with van der Waals surface area (Å²) in [4.78, 5) is 63.4. The Labute approximate surface area is 321 Å². The summed E-state index contributed by atoms with van der Waals surface area (Å²) < 4.78 is 89.5. The van der Waals surface area contributed by atoms with E-state index in [2.05, 4.69) is 0 Å². The van der Waals surface area contributed by atoms with Gasteiger partial charge in [-0.15, -0.1) is 0 Å². The third-order valence-corrected chi connectivity index (χ3v) is 14.1. The van der Waals surface area contributed by atoms with Crippen molar-refractivity contribution in [2.24, 2.45) is 40.9 Å². The lowest BCUT2D eigenvalue weighted by molar-refractivity contribution is -0.202. The number of hydrogen-bond donors (Lipinski definition) is 1. The van der Waals surface area contributed by atoms with Crippen molar-refractivity contribution in [1.29, 1.82) is 0 Å². The minimum absolute atomic E-state index is 0.00341. The minimum Gasteiger partial charge on any atom is -0.463 e. The Balaban J connectivity index is 1.11. The molecule has 0 aromatic carbocycles. The number of aldehydes is 1. The molecule has 55 heavy (non-hydrogen) atoms. The van der Waals surface area contributed by atoms with Crippen molar-refractivity contribution in [3.05, 3.63) is 0 Å². The maximum atomic E-state index is 14.3. The highest BCUT2D eigenvalue weighted by atomic mass is 32.2. The summed E-state index contributed by atoms with van der Waals surface area (Å²) in [5.41, 5.74) is -2.31. The molecule has 1 heterocycles. The van der Waals surface area contributed by atoms with E-state index in [0.717, 1.165) is 51.2 Å². The molecule has 1 saturated heterocycles. The second kappa shape index (κ2) is 17.1. The lowest BCUT2D eigenvalue weighted by Gasteiger charge is -2.48.